The van der Waals surface area contributed by atoms with Gasteiger partial charge in [0.1, 0.15) is 0 Å². The number of hydrogen-bond acceptors (Lipinski definition) is 3. The summed E-state index contributed by atoms with van der Waals surface area (Å²) in [7, 11) is 0. The van der Waals surface area contributed by atoms with Crippen molar-refractivity contribution >= 4 is 5.91 Å². The number of carbonyl (C=O) groups excluding carboxylic acids is 1. The second kappa shape index (κ2) is 7.26. The van der Waals surface area contributed by atoms with E-state index in [9.17, 15) is 4.79 Å². The SMILES string of the molecule is NCc1cccc(C(=O)NCCC2CCOCC2)c1. The molecule has 0 bridgehead atoms. The molecular formula is C15H22N2O2. The topological polar surface area (TPSA) is 64.4 Å². The molecule has 1 heterocycles. The Labute approximate surface area is 114 Å². The Morgan fingerprint density at radius 3 is 2.89 bits per heavy atom. The van der Waals surface area contributed by atoms with Gasteiger partial charge in [0.2, 0.25) is 0 Å². The molecule has 4 heteroatoms. The molecule has 0 unspecified atom stereocenters. The molecule has 1 aliphatic rings. The number of carbonyl (C=O) groups is 1. The normalized spacial score (nSPS) is 16.3. The first kappa shape index (κ1) is 14.0. The van der Waals surface area contributed by atoms with Crippen molar-refractivity contribution in [3.8, 4) is 0 Å². The van der Waals surface area contributed by atoms with Gasteiger partial charge < -0.3 is 15.8 Å². The number of nitrogens with two attached hydrogens (primary N) is 1. The van der Waals surface area contributed by atoms with E-state index in [1.54, 1.807) is 0 Å². The number of nitrogens with one attached hydrogen (secondary N) is 1. The monoisotopic (exact) mass is 262 g/mol. The predicted molar refractivity (Wildman–Crippen MR) is 74.8 cm³/mol. The Morgan fingerprint density at radius 1 is 1.37 bits per heavy atom. The third-order valence-electron chi connectivity index (χ3n) is 3.60. The molecule has 3 N–H and O–H groups in total. The van der Waals surface area contributed by atoms with Crippen LogP contribution in [0.1, 0.15) is 35.2 Å². The average Bonchev–Trinajstić information content (AvgIpc) is 2.48. The molecule has 1 aliphatic heterocycles. The Morgan fingerprint density at radius 2 is 2.16 bits per heavy atom. The lowest BCUT2D eigenvalue weighted by molar-refractivity contribution is 0.0636. The Hall–Kier alpha value is -1.39. The number of amides is 1. The van der Waals surface area contributed by atoms with Gasteiger partial charge in [0.25, 0.3) is 5.91 Å². The first-order valence-corrected chi connectivity index (χ1v) is 6.94. The number of rotatable bonds is 5. The zero-order chi connectivity index (χ0) is 13.5. The second-order valence-electron chi connectivity index (χ2n) is 5.00. The van der Waals surface area contributed by atoms with Crippen LogP contribution in [0.15, 0.2) is 24.3 Å². The summed E-state index contributed by atoms with van der Waals surface area (Å²) in [5.74, 6) is 0.673. The van der Waals surface area contributed by atoms with Crippen LogP contribution in [0.5, 0.6) is 0 Å². The lowest BCUT2D eigenvalue weighted by atomic mass is 9.96. The maximum absolute atomic E-state index is 12.0. The molecule has 0 aromatic heterocycles. The van der Waals surface area contributed by atoms with Crippen LogP contribution in [0.2, 0.25) is 0 Å². The van der Waals surface area contributed by atoms with E-state index in [4.69, 9.17) is 10.5 Å². The fourth-order valence-corrected chi connectivity index (χ4v) is 2.37. The minimum atomic E-state index is -0.0117. The van der Waals surface area contributed by atoms with Gasteiger partial charge in [-0.15, -0.1) is 0 Å². The Kier molecular flexibility index (Phi) is 5.36. The summed E-state index contributed by atoms with van der Waals surface area (Å²) in [4.78, 5) is 12.0. The molecular weight excluding hydrogens is 240 g/mol. The highest BCUT2D eigenvalue weighted by Gasteiger charge is 2.14. The van der Waals surface area contributed by atoms with E-state index >= 15 is 0 Å². The third-order valence-corrected chi connectivity index (χ3v) is 3.60. The van der Waals surface area contributed by atoms with Crippen LogP contribution < -0.4 is 11.1 Å². The van der Waals surface area contributed by atoms with Crippen LogP contribution in [0.3, 0.4) is 0 Å². The molecule has 1 aromatic carbocycles. The van der Waals surface area contributed by atoms with Gasteiger partial charge in [-0.25, -0.2) is 0 Å². The summed E-state index contributed by atoms with van der Waals surface area (Å²) in [6.45, 7) is 2.91. The van der Waals surface area contributed by atoms with Crippen LogP contribution >= 0.6 is 0 Å². The highest BCUT2D eigenvalue weighted by molar-refractivity contribution is 5.94. The van der Waals surface area contributed by atoms with E-state index in [0.717, 1.165) is 44.6 Å². The lowest BCUT2D eigenvalue weighted by Crippen LogP contribution is -2.27. The third kappa shape index (κ3) is 4.33. The molecule has 1 amide bonds. The van der Waals surface area contributed by atoms with Crippen molar-refractivity contribution in [3.05, 3.63) is 35.4 Å². The molecule has 0 spiro atoms. The summed E-state index contributed by atoms with van der Waals surface area (Å²) >= 11 is 0. The molecule has 104 valence electrons. The largest absolute Gasteiger partial charge is 0.381 e. The minimum Gasteiger partial charge on any atom is -0.381 e. The number of hydrogen-bond donors (Lipinski definition) is 2. The van der Waals surface area contributed by atoms with Crippen molar-refractivity contribution in [2.75, 3.05) is 19.8 Å². The molecule has 4 nitrogen and oxygen atoms in total. The van der Waals surface area contributed by atoms with Crippen LogP contribution in [0.4, 0.5) is 0 Å². The second-order valence-corrected chi connectivity index (χ2v) is 5.00. The Balaban J connectivity index is 1.77. The minimum absolute atomic E-state index is 0.0117. The summed E-state index contributed by atoms with van der Waals surface area (Å²) in [5, 5.41) is 2.98. The average molecular weight is 262 g/mol. The van der Waals surface area contributed by atoms with Gasteiger partial charge in [0, 0.05) is 31.9 Å². The standard InChI is InChI=1S/C15H22N2O2/c16-11-13-2-1-3-14(10-13)15(18)17-7-4-12-5-8-19-9-6-12/h1-3,10,12H,4-9,11,16H2,(H,17,18). The van der Waals surface area contributed by atoms with Gasteiger partial charge in [-0.2, -0.15) is 0 Å². The molecule has 0 atom stereocenters. The molecule has 0 radical (unpaired) electrons. The molecule has 1 fully saturated rings. The smallest absolute Gasteiger partial charge is 0.251 e. The van der Waals surface area contributed by atoms with Gasteiger partial charge in [-0.05, 0) is 42.9 Å². The Bertz CT molecular complexity index is 414. The van der Waals surface area contributed by atoms with Gasteiger partial charge >= 0.3 is 0 Å². The molecule has 2 rings (SSSR count). The van der Waals surface area contributed by atoms with Crippen LogP contribution in [0.25, 0.3) is 0 Å². The highest BCUT2D eigenvalue weighted by Crippen LogP contribution is 2.17. The van der Waals surface area contributed by atoms with E-state index in [0.29, 0.717) is 18.0 Å². The lowest BCUT2D eigenvalue weighted by Gasteiger charge is -2.21. The summed E-state index contributed by atoms with van der Waals surface area (Å²) in [5.41, 5.74) is 7.25. The first-order valence-electron chi connectivity index (χ1n) is 6.94. The predicted octanol–water partition coefficient (Wildman–Crippen LogP) is 1.69. The number of benzene rings is 1. The molecule has 19 heavy (non-hydrogen) atoms. The van der Waals surface area contributed by atoms with Gasteiger partial charge in [-0.1, -0.05) is 12.1 Å². The van der Waals surface area contributed by atoms with Gasteiger partial charge in [0.15, 0.2) is 0 Å². The molecule has 1 aromatic rings. The first-order chi connectivity index (χ1) is 9.29. The molecule has 0 saturated carbocycles. The maximum atomic E-state index is 12.0. The van der Waals surface area contributed by atoms with Gasteiger partial charge in [-0.3, -0.25) is 4.79 Å². The number of ether oxygens (including phenoxy) is 1. The van der Waals surface area contributed by atoms with E-state index in [-0.39, 0.29) is 5.91 Å². The zero-order valence-corrected chi connectivity index (χ0v) is 11.2. The van der Waals surface area contributed by atoms with E-state index < -0.39 is 0 Å². The van der Waals surface area contributed by atoms with Crippen molar-refractivity contribution in [1.29, 1.82) is 0 Å². The summed E-state index contributed by atoms with van der Waals surface area (Å²) in [6.07, 6.45) is 3.25. The quantitative estimate of drug-likeness (QED) is 0.848. The summed E-state index contributed by atoms with van der Waals surface area (Å²) in [6, 6.07) is 7.47. The van der Waals surface area contributed by atoms with E-state index in [1.807, 2.05) is 24.3 Å². The van der Waals surface area contributed by atoms with Crippen molar-refractivity contribution in [2.45, 2.75) is 25.8 Å². The molecule has 1 saturated heterocycles. The van der Waals surface area contributed by atoms with Crippen molar-refractivity contribution in [2.24, 2.45) is 11.7 Å². The van der Waals surface area contributed by atoms with Crippen LogP contribution in [-0.2, 0) is 11.3 Å². The zero-order valence-electron chi connectivity index (χ0n) is 11.2. The van der Waals surface area contributed by atoms with Crippen molar-refractivity contribution < 1.29 is 9.53 Å². The fraction of sp³-hybridized carbons (Fsp3) is 0.533. The van der Waals surface area contributed by atoms with Crippen LogP contribution in [-0.4, -0.2) is 25.7 Å². The van der Waals surface area contributed by atoms with E-state index in [1.165, 1.54) is 0 Å². The van der Waals surface area contributed by atoms with E-state index in [2.05, 4.69) is 5.32 Å². The summed E-state index contributed by atoms with van der Waals surface area (Å²) < 4.78 is 5.32. The molecule has 0 aliphatic carbocycles. The van der Waals surface area contributed by atoms with Crippen LogP contribution in [0, 0.1) is 5.92 Å². The van der Waals surface area contributed by atoms with Crippen molar-refractivity contribution in [3.63, 3.8) is 0 Å². The van der Waals surface area contributed by atoms with Crippen molar-refractivity contribution in [1.82, 2.24) is 5.32 Å². The fourth-order valence-electron chi connectivity index (χ4n) is 2.37. The highest BCUT2D eigenvalue weighted by atomic mass is 16.5. The maximum Gasteiger partial charge on any atom is 0.251 e. The van der Waals surface area contributed by atoms with Gasteiger partial charge in [0.05, 0.1) is 0 Å².